The molecular weight excluding hydrogens is 302 g/mol. The maximum absolute atomic E-state index is 4.59. The number of nitrogens with zero attached hydrogens (tertiary/aromatic N) is 3. The monoisotopic (exact) mass is 325 g/mol. The first-order chi connectivity index (χ1) is 10.3. The number of fused-ring (bicyclic) bond motifs is 1. The molecule has 0 amide bonds. The Kier molecular flexibility index (Phi) is 6.88. The van der Waals surface area contributed by atoms with E-state index in [4.69, 9.17) is 0 Å². The zero-order valence-electron chi connectivity index (χ0n) is 12.6. The highest BCUT2D eigenvalue weighted by Crippen LogP contribution is 2.11. The second-order valence-corrected chi connectivity index (χ2v) is 6.51. The topological polar surface area (TPSA) is 53.7 Å². The summed E-state index contributed by atoms with van der Waals surface area (Å²) in [7, 11) is 0. The van der Waals surface area contributed by atoms with E-state index in [1.807, 2.05) is 33.9 Å². The molecule has 7 heteroatoms. The summed E-state index contributed by atoms with van der Waals surface area (Å²) < 4.78 is 2.04. The number of guanidine groups is 1. The summed E-state index contributed by atoms with van der Waals surface area (Å²) in [6.07, 6.45) is 8.62. The lowest BCUT2D eigenvalue weighted by Gasteiger charge is -2.10. The number of hydrogen-bond acceptors (Lipinski definition) is 4. The maximum atomic E-state index is 4.59. The number of aliphatic imine (C=N–C) groups is 1. The number of thiazole rings is 1. The van der Waals surface area contributed by atoms with Crippen molar-refractivity contribution in [1.82, 2.24) is 20.0 Å². The average molecular weight is 326 g/mol. The molecule has 0 bridgehead atoms. The molecule has 0 fully saturated rings. The molecule has 2 N–H and O–H groups in total. The van der Waals surface area contributed by atoms with Crippen molar-refractivity contribution in [3.8, 4) is 0 Å². The van der Waals surface area contributed by atoms with Gasteiger partial charge in [0.15, 0.2) is 10.9 Å². The van der Waals surface area contributed by atoms with E-state index in [1.165, 1.54) is 18.6 Å². The van der Waals surface area contributed by atoms with E-state index in [9.17, 15) is 0 Å². The molecule has 0 radical (unpaired) electrons. The molecular formula is C14H23N5S2. The van der Waals surface area contributed by atoms with E-state index >= 15 is 0 Å². The molecule has 5 nitrogen and oxygen atoms in total. The Morgan fingerprint density at radius 1 is 1.43 bits per heavy atom. The third-order valence-corrected chi connectivity index (χ3v) is 4.42. The Labute approximate surface area is 134 Å². The van der Waals surface area contributed by atoms with Crippen LogP contribution in [0.3, 0.4) is 0 Å². The number of hydrogen-bond donors (Lipinski definition) is 2. The zero-order valence-corrected chi connectivity index (χ0v) is 14.3. The summed E-state index contributed by atoms with van der Waals surface area (Å²) in [6, 6.07) is 0. The lowest BCUT2D eigenvalue weighted by Crippen LogP contribution is -2.37. The molecule has 0 aliphatic carbocycles. The summed E-state index contributed by atoms with van der Waals surface area (Å²) in [4.78, 5) is 10.2. The first kappa shape index (κ1) is 16.2. The van der Waals surface area contributed by atoms with E-state index in [2.05, 4.69) is 33.8 Å². The third kappa shape index (κ3) is 5.24. The molecule has 0 aliphatic rings. The second kappa shape index (κ2) is 8.94. The highest BCUT2D eigenvalue weighted by atomic mass is 32.2. The number of imidazole rings is 1. The van der Waals surface area contributed by atoms with E-state index in [0.29, 0.717) is 6.54 Å². The van der Waals surface area contributed by atoms with Crippen molar-refractivity contribution in [3.05, 3.63) is 23.5 Å². The molecule has 2 heterocycles. The largest absolute Gasteiger partial charge is 0.357 e. The van der Waals surface area contributed by atoms with Gasteiger partial charge >= 0.3 is 0 Å². The van der Waals surface area contributed by atoms with Crippen LogP contribution in [0.5, 0.6) is 0 Å². The predicted molar refractivity (Wildman–Crippen MR) is 93.5 cm³/mol. The molecule has 2 aromatic rings. The molecule has 0 saturated carbocycles. The van der Waals surface area contributed by atoms with Crippen LogP contribution in [0.15, 0.2) is 22.8 Å². The first-order valence-corrected chi connectivity index (χ1v) is 9.53. The van der Waals surface area contributed by atoms with Crippen LogP contribution in [0, 0.1) is 0 Å². The van der Waals surface area contributed by atoms with Crippen LogP contribution in [0.4, 0.5) is 0 Å². The van der Waals surface area contributed by atoms with Crippen LogP contribution in [0.1, 0.15) is 25.5 Å². The van der Waals surface area contributed by atoms with E-state index in [-0.39, 0.29) is 0 Å². The van der Waals surface area contributed by atoms with Gasteiger partial charge in [0, 0.05) is 30.9 Å². The lowest BCUT2D eigenvalue weighted by atomic mass is 10.3. The van der Waals surface area contributed by atoms with Gasteiger partial charge in [-0.25, -0.2) is 9.98 Å². The van der Waals surface area contributed by atoms with Gasteiger partial charge in [0.25, 0.3) is 0 Å². The fourth-order valence-electron chi connectivity index (χ4n) is 1.93. The Balaban J connectivity index is 1.83. The van der Waals surface area contributed by atoms with Crippen LogP contribution in [-0.4, -0.2) is 40.4 Å². The number of unbranched alkanes of at least 4 members (excludes halogenated alkanes) is 1. The molecule has 0 unspecified atom stereocenters. The molecule has 2 aromatic heterocycles. The van der Waals surface area contributed by atoms with Gasteiger partial charge in [0.2, 0.25) is 0 Å². The fraction of sp³-hybridized carbons (Fsp3) is 0.571. The second-order valence-electron chi connectivity index (χ2n) is 4.65. The van der Waals surface area contributed by atoms with E-state index < -0.39 is 0 Å². The maximum Gasteiger partial charge on any atom is 0.193 e. The zero-order chi connectivity index (χ0) is 14.9. The standard InChI is InChI=1S/C14H23N5S2/c1-3-15-13(16-6-4-5-8-20-2)17-10-12-11-19-7-9-21-14(19)18-12/h7,9,11H,3-6,8,10H2,1-2H3,(H2,15,16,17). The van der Waals surface area contributed by atoms with Gasteiger partial charge in [-0.15, -0.1) is 11.3 Å². The average Bonchev–Trinajstić information content (AvgIpc) is 3.05. The number of thioether (sulfide) groups is 1. The quantitative estimate of drug-likeness (QED) is 0.445. The summed E-state index contributed by atoms with van der Waals surface area (Å²) in [5, 5.41) is 8.69. The number of aromatic nitrogens is 2. The van der Waals surface area contributed by atoms with Crippen molar-refractivity contribution in [2.24, 2.45) is 4.99 Å². The van der Waals surface area contributed by atoms with Gasteiger partial charge in [-0.2, -0.15) is 11.8 Å². The summed E-state index contributed by atoms with van der Waals surface area (Å²) >= 11 is 3.54. The van der Waals surface area contributed by atoms with Crippen molar-refractivity contribution < 1.29 is 0 Å². The van der Waals surface area contributed by atoms with Gasteiger partial charge in [-0.05, 0) is 31.8 Å². The molecule has 0 saturated heterocycles. The van der Waals surface area contributed by atoms with Crippen molar-refractivity contribution in [3.63, 3.8) is 0 Å². The molecule has 0 aliphatic heterocycles. The Morgan fingerprint density at radius 3 is 3.10 bits per heavy atom. The molecule has 21 heavy (non-hydrogen) atoms. The van der Waals surface area contributed by atoms with Gasteiger partial charge in [0.1, 0.15) is 0 Å². The van der Waals surface area contributed by atoms with Crippen molar-refractivity contribution in [1.29, 1.82) is 0 Å². The SMILES string of the molecule is CCNC(=NCc1cn2ccsc2n1)NCCCCSC. The summed E-state index contributed by atoms with van der Waals surface area (Å²) in [6.45, 7) is 4.52. The van der Waals surface area contributed by atoms with Crippen molar-refractivity contribution in [2.45, 2.75) is 26.3 Å². The molecule has 0 spiro atoms. The van der Waals surface area contributed by atoms with Gasteiger partial charge < -0.3 is 10.6 Å². The van der Waals surface area contributed by atoms with E-state index in [0.717, 1.165) is 29.7 Å². The third-order valence-electron chi connectivity index (χ3n) is 2.95. The van der Waals surface area contributed by atoms with Gasteiger partial charge in [-0.1, -0.05) is 0 Å². The minimum atomic E-state index is 0.606. The van der Waals surface area contributed by atoms with Crippen LogP contribution >= 0.6 is 23.1 Å². The Hall–Kier alpha value is -1.21. The fourth-order valence-corrected chi connectivity index (χ4v) is 3.14. The minimum Gasteiger partial charge on any atom is -0.357 e. The number of rotatable bonds is 8. The van der Waals surface area contributed by atoms with Gasteiger partial charge in [-0.3, -0.25) is 4.40 Å². The van der Waals surface area contributed by atoms with Crippen LogP contribution < -0.4 is 10.6 Å². The summed E-state index contributed by atoms with van der Waals surface area (Å²) in [5.41, 5.74) is 1.00. The minimum absolute atomic E-state index is 0.606. The molecule has 2 rings (SSSR count). The van der Waals surface area contributed by atoms with Crippen LogP contribution in [0.2, 0.25) is 0 Å². The normalized spacial score (nSPS) is 12.0. The lowest BCUT2D eigenvalue weighted by molar-refractivity contribution is 0.734. The van der Waals surface area contributed by atoms with Crippen LogP contribution in [0.25, 0.3) is 4.96 Å². The Morgan fingerprint density at radius 2 is 2.33 bits per heavy atom. The predicted octanol–water partition coefficient (Wildman–Crippen LogP) is 2.59. The van der Waals surface area contributed by atoms with E-state index in [1.54, 1.807) is 11.3 Å². The Bertz CT molecular complexity index is 532. The molecule has 0 atom stereocenters. The highest BCUT2D eigenvalue weighted by Gasteiger charge is 2.02. The molecule has 0 aromatic carbocycles. The van der Waals surface area contributed by atoms with Crippen molar-refractivity contribution in [2.75, 3.05) is 25.1 Å². The molecule has 116 valence electrons. The van der Waals surface area contributed by atoms with Crippen molar-refractivity contribution >= 4 is 34.0 Å². The highest BCUT2D eigenvalue weighted by molar-refractivity contribution is 7.98. The smallest absolute Gasteiger partial charge is 0.193 e. The summed E-state index contributed by atoms with van der Waals surface area (Å²) in [5.74, 6) is 2.10. The number of nitrogens with one attached hydrogen (secondary N) is 2. The van der Waals surface area contributed by atoms with Gasteiger partial charge in [0.05, 0.1) is 12.2 Å². The first-order valence-electron chi connectivity index (χ1n) is 7.25. The van der Waals surface area contributed by atoms with Crippen LogP contribution in [-0.2, 0) is 6.54 Å².